The van der Waals surface area contributed by atoms with Gasteiger partial charge in [-0.25, -0.2) is 0 Å². The zero-order chi connectivity index (χ0) is 5.98. The van der Waals surface area contributed by atoms with Gasteiger partial charge in [-0.3, -0.25) is 0 Å². The van der Waals surface area contributed by atoms with E-state index >= 15 is 0 Å². The van der Waals surface area contributed by atoms with Gasteiger partial charge in [0.25, 0.3) is 0 Å². The molecule has 0 atom stereocenters. The van der Waals surface area contributed by atoms with Crippen LogP contribution in [0.15, 0.2) is 16.8 Å². The largest absolute Gasteiger partial charge is 0.541 e. The first-order chi connectivity index (χ1) is 3.80. The molecule has 0 amide bonds. The zero-order valence-electron chi connectivity index (χ0n) is 3.83. The third kappa shape index (κ3) is 0.676. The Morgan fingerprint density at radius 1 is 1.88 bits per heavy atom. The van der Waals surface area contributed by atoms with Gasteiger partial charge >= 0.3 is 0 Å². The Labute approximate surface area is 44.7 Å². The van der Waals surface area contributed by atoms with Crippen LogP contribution in [0.1, 0.15) is 10.6 Å². The van der Waals surface area contributed by atoms with E-state index in [1.165, 1.54) is 12.3 Å². The van der Waals surface area contributed by atoms with Crippen molar-refractivity contribution >= 4 is 5.97 Å². The summed E-state index contributed by atoms with van der Waals surface area (Å²) >= 11 is 0. The van der Waals surface area contributed by atoms with Crippen LogP contribution in [0.4, 0.5) is 0 Å². The molecular weight excluding hydrogens is 110 g/mol. The Hall–Kier alpha value is -1.32. The molecule has 0 aliphatic rings. The zero-order valence-corrected chi connectivity index (χ0v) is 3.83. The van der Waals surface area contributed by atoms with Crippen molar-refractivity contribution in [1.29, 1.82) is 0 Å². The van der Waals surface area contributed by atoms with Crippen molar-refractivity contribution in [2.45, 2.75) is 0 Å². The first kappa shape index (κ1) is 4.83. The van der Waals surface area contributed by atoms with Crippen molar-refractivity contribution in [1.82, 2.24) is 5.16 Å². The lowest BCUT2D eigenvalue weighted by molar-refractivity contribution is -0.257. The van der Waals surface area contributed by atoms with Gasteiger partial charge in [0.05, 0.1) is 6.20 Å². The quantitative estimate of drug-likeness (QED) is 0.469. The highest BCUT2D eigenvalue weighted by atomic mass is 16.5. The van der Waals surface area contributed by atoms with Crippen LogP contribution in [0.5, 0.6) is 0 Å². The lowest BCUT2D eigenvalue weighted by atomic mass is 10.5. The summed E-state index contributed by atoms with van der Waals surface area (Å²) in [5.41, 5.74) is 0. The highest BCUT2D eigenvalue weighted by Crippen LogP contribution is 1.91. The van der Waals surface area contributed by atoms with Crippen LogP contribution in [0.3, 0.4) is 0 Å². The molecule has 8 heavy (non-hydrogen) atoms. The van der Waals surface area contributed by atoms with Crippen molar-refractivity contribution in [2.75, 3.05) is 0 Å². The van der Waals surface area contributed by atoms with Crippen LogP contribution in [0.25, 0.3) is 0 Å². The first-order valence-electron chi connectivity index (χ1n) is 1.93. The van der Waals surface area contributed by atoms with Gasteiger partial charge in [0.15, 0.2) is 5.76 Å². The summed E-state index contributed by atoms with van der Waals surface area (Å²) in [6, 6.07) is 1.22. The van der Waals surface area contributed by atoms with Gasteiger partial charge in [-0.1, -0.05) is 5.16 Å². The maximum absolute atomic E-state index is 9.82. The fraction of sp³-hybridized carbons (Fsp3) is 0. The Morgan fingerprint density at radius 2 is 2.62 bits per heavy atom. The molecule has 0 saturated heterocycles. The van der Waals surface area contributed by atoms with Gasteiger partial charge in [0.1, 0.15) is 5.97 Å². The minimum atomic E-state index is -1.34. The highest BCUT2D eigenvalue weighted by molar-refractivity contribution is 5.81. The monoisotopic (exact) mass is 112 g/mol. The van der Waals surface area contributed by atoms with E-state index in [0.29, 0.717) is 0 Å². The highest BCUT2D eigenvalue weighted by Gasteiger charge is 1.92. The van der Waals surface area contributed by atoms with E-state index < -0.39 is 5.97 Å². The van der Waals surface area contributed by atoms with E-state index in [4.69, 9.17) is 0 Å². The fourth-order valence-electron chi connectivity index (χ4n) is 0.321. The average Bonchev–Trinajstić information content (AvgIpc) is 2.12. The average molecular weight is 112 g/mol. The van der Waals surface area contributed by atoms with E-state index in [9.17, 15) is 9.90 Å². The summed E-state index contributed by atoms with van der Waals surface area (Å²) in [5, 5.41) is 13.0. The molecule has 4 heteroatoms. The summed E-state index contributed by atoms with van der Waals surface area (Å²) in [6.45, 7) is 0. The van der Waals surface area contributed by atoms with Crippen molar-refractivity contribution in [3.63, 3.8) is 0 Å². The summed E-state index contributed by atoms with van der Waals surface area (Å²) in [4.78, 5) is 9.82. The molecule has 0 fully saturated rings. The second-order valence-electron chi connectivity index (χ2n) is 1.16. The van der Waals surface area contributed by atoms with Crippen molar-refractivity contribution in [2.24, 2.45) is 0 Å². The molecule has 1 aromatic rings. The number of carbonyl (C=O) groups is 1. The van der Waals surface area contributed by atoms with E-state index in [0.717, 1.165) is 0 Å². The summed E-state index contributed by atoms with van der Waals surface area (Å²) < 4.78 is 4.18. The Balaban J connectivity index is 2.93. The van der Waals surface area contributed by atoms with Crippen molar-refractivity contribution < 1.29 is 14.4 Å². The molecule has 0 aliphatic carbocycles. The molecule has 4 nitrogen and oxygen atoms in total. The maximum Gasteiger partial charge on any atom is 0.182 e. The minimum Gasteiger partial charge on any atom is -0.541 e. The molecule has 0 radical (unpaired) electrons. The number of rotatable bonds is 1. The van der Waals surface area contributed by atoms with E-state index in [-0.39, 0.29) is 5.76 Å². The van der Waals surface area contributed by atoms with Gasteiger partial charge in [0.2, 0.25) is 0 Å². The van der Waals surface area contributed by atoms with Crippen molar-refractivity contribution in [3.8, 4) is 0 Å². The predicted octanol–water partition coefficient (Wildman–Crippen LogP) is -0.962. The normalized spacial score (nSPS) is 9.00. The second kappa shape index (κ2) is 1.65. The molecule has 1 aromatic heterocycles. The third-order valence-corrected chi connectivity index (χ3v) is 0.639. The molecule has 0 aliphatic heterocycles. The number of aromatic nitrogens is 1. The number of carbonyl (C=O) groups excluding carboxylic acids is 1. The number of hydrogen-bond acceptors (Lipinski definition) is 4. The molecule has 0 saturated carbocycles. The van der Waals surface area contributed by atoms with Crippen LogP contribution in [0.2, 0.25) is 0 Å². The molecule has 0 N–H and O–H groups in total. The van der Waals surface area contributed by atoms with Crippen molar-refractivity contribution in [3.05, 3.63) is 18.0 Å². The molecule has 0 unspecified atom stereocenters. The van der Waals surface area contributed by atoms with Crippen LogP contribution < -0.4 is 5.11 Å². The molecule has 0 aromatic carbocycles. The SMILES string of the molecule is O=C([O-])c1ccno1. The Morgan fingerprint density at radius 3 is 2.88 bits per heavy atom. The number of hydrogen-bond donors (Lipinski definition) is 0. The molecule has 1 rings (SSSR count). The van der Waals surface area contributed by atoms with E-state index in [2.05, 4.69) is 9.68 Å². The topological polar surface area (TPSA) is 66.2 Å². The molecule has 42 valence electrons. The molecule has 1 heterocycles. The Kier molecular flexibility index (Phi) is 0.997. The number of carboxylic acid groups (broad SMARTS) is 1. The van der Waals surface area contributed by atoms with Gasteiger partial charge in [-0.15, -0.1) is 0 Å². The summed E-state index contributed by atoms with van der Waals surface area (Å²) in [7, 11) is 0. The van der Waals surface area contributed by atoms with Gasteiger partial charge < -0.3 is 14.4 Å². The summed E-state index contributed by atoms with van der Waals surface area (Å²) in [5.74, 6) is -1.59. The van der Waals surface area contributed by atoms with Crippen LogP contribution in [0, 0.1) is 0 Å². The van der Waals surface area contributed by atoms with Gasteiger partial charge in [-0.05, 0) is 0 Å². The second-order valence-corrected chi connectivity index (χ2v) is 1.16. The lowest BCUT2D eigenvalue weighted by Gasteiger charge is -1.89. The maximum atomic E-state index is 9.82. The fourth-order valence-corrected chi connectivity index (χ4v) is 0.321. The summed E-state index contributed by atoms with van der Waals surface area (Å²) in [6.07, 6.45) is 1.24. The standard InChI is InChI=1S/C4H3NO3/c6-4(7)3-1-2-5-8-3/h1-2H,(H,6,7)/p-1. The van der Waals surface area contributed by atoms with E-state index in [1.807, 2.05) is 0 Å². The smallest absolute Gasteiger partial charge is 0.182 e. The molecule has 0 bridgehead atoms. The number of aromatic carboxylic acids is 1. The minimum absolute atomic E-state index is 0.245. The van der Waals surface area contributed by atoms with Crippen LogP contribution in [-0.2, 0) is 0 Å². The number of nitrogens with zero attached hydrogens (tertiary/aromatic N) is 1. The molecular formula is C4H2NO3-. The molecule has 0 spiro atoms. The van der Waals surface area contributed by atoms with Crippen LogP contribution in [-0.4, -0.2) is 11.1 Å². The lowest BCUT2D eigenvalue weighted by Crippen LogP contribution is -2.21. The first-order valence-corrected chi connectivity index (χ1v) is 1.93. The third-order valence-electron chi connectivity index (χ3n) is 0.639. The Bertz CT molecular complexity index is 179. The van der Waals surface area contributed by atoms with Crippen LogP contribution >= 0.6 is 0 Å². The predicted molar refractivity (Wildman–Crippen MR) is 20.8 cm³/mol. The van der Waals surface area contributed by atoms with Gasteiger partial charge in [-0.2, -0.15) is 0 Å². The number of carboxylic acids is 1. The van der Waals surface area contributed by atoms with Gasteiger partial charge in [0, 0.05) is 6.07 Å². The van der Waals surface area contributed by atoms with E-state index in [1.54, 1.807) is 0 Å².